The van der Waals surface area contributed by atoms with Gasteiger partial charge >= 0.3 is 6.09 Å². The van der Waals surface area contributed by atoms with Crippen molar-refractivity contribution in [2.24, 2.45) is 11.3 Å². The van der Waals surface area contributed by atoms with E-state index in [2.05, 4.69) is 17.2 Å². The lowest BCUT2D eigenvalue weighted by molar-refractivity contribution is -0.142. The van der Waals surface area contributed by atoms with Gasteiger partial charge in [-0.25, -0.2) is 4.79 Å². The van der Waals surface area contributed by atoms with Crippen LogP contribution in [0.1, 0.15) is 64.9 Å². The number of benzene rings is 3. The fraction of sp³-hybridized carbons (Fsp3) is 0.475. The van der Waals surface area contributed by atoms with Crippen LogP contribution in [0.5, 0.6) is 11.5 Å². The van der Waals surface area contributed by atoms with Crippen LogP contribution in [-0.4, -0.2) is 70.9 Å². The second kappa shape index (κ2) is 15.0. The molecule has 12 heteroatoms. The first-order valence-corrected chi connectivity index (χ1v) is 19.9. The van der Waals surface area contributed by atoms with Crippen molar-refractivity contribution < 1.29 is 38.1 Å². The molecule has 3 aromatic carbocycles. The lowest BCUT2D eigenvalue weighted by atomic mass is 9.85. The quantitative estimate of drug-likeness (QED) is 0.137. The minimum atomic E-state index is -4.02. The summed E-state index contributed by atoms with van der Waals surface area (Å²) in [5.41, 5.74) is -0.0677. The second-order valence-electron chi connectivity index (χ2n) is 15.4. The van der Waals surface area contributed by atoms with Crippen LogP contribution in [0.15, 0.2) is 79.4 Å². The maximum absolute atomic E-state index is 14.6. The van der Waals surface area contributed by atoms with E-state index >= 15 is 0 Å². The van der Waals surface area contributed by atoms with E-state index in [1.165, 1.54) is 4.90 Å². The normalized spacial score (nSPS) is 24.8. The van der Waals surface area contributed by atoms with E-state index in [-0.39, 0.29) is 31.7 Å². The van der Waals surface area contributed by atoms with Gasteiger partial charge in [0.2, 0.25) is 19.2 Å². The van der Waals surface area contributed by atoms with Crippen molar-refractivity contribution in [3.63, 3.8) is 0 Å². The number of hydrogen-bond donors (Lipinski definition) is 3. The average molecular weight is 732 g/mol. The van der Waals surface area contributed by atoms with E-state index in [1.807, 2.05) is 63.2 Å². The molecule has 3 N–H and O–H groups in total. The maximum Gasteiger partial charge on any atom is 0.408 e. The van der Waals surface area contributed by atoms with Crippen molar-refractivity contribution in [2.75, 3.05) is 13.7 Å². The maximum atomic E-state index is 14.6. The molecule has 11 nitrogen and oxygen atoms in total. The summed E-state index contributed by atoms with van der Waals surface area (Å²) in [6.45, 7) is 9.44. The number of ether oxygens (including phenoxy) is 3. The fourth-order valence-corrected chi connectivity index (χ4v) is 9.97. The second-order valence-corrected chi connectivity index (χ2v) is 17.9. The smallest absolute Gasteiger partial charge is 0.408 e. The Kier molecular flexibility index (Phi) is 10.8. The number of alkyl carbamates (subject to hydrolysis) is 1. The molecule has 1 aliphatic heterocycles. The van der Waals surface area contributed by atoms with Crippen molar-refractivity contribution in [2.45, 2.75) is 95.0 Å². The van der Waals surface area contributed by atoms with Crippen molar-refractivity contribution >= 4 is 36.0 Å². The summed E-state index contributed by atoms with van der Waals surface area (Å²) in [6, 6.07) is 18.2. The predicted octanol–water partition coefficient (Wildman–Crippen LogP) is 6.77. The van der Waals surface area contributed by atoms with Crippen LogP contribution >= 0.6 is 7.37 Å². The van der Waals surface area contributed by atoms with Crippen LogP contribution in [0.3, 0.4) is 0 Å². The zero-order valence-corrected chi connectivity index (χ0v) is 31.3. The molecule has 6 rings (SSSR count). The Bertz CT molecular complexity index is 1860. The third kappa shape index (κ3) is 7.86. The van der Waals surface area contributed by atoms with Gasteiger partial charge in [-0.2, -0.15) is 0 Å². The molecule has 6 atom stereocenters. The zero-order chi connectivity index (χ0) is 37.3. The Balaban J connectivity index is 1.29. The predicted molar refractivity (Wildman–Crippen MR) is 199 cm³/mol. The first-order chi connectivity index (χ1) is 24.7. The number of carbonyl (C=O) groups excluding carboxylic acids is 3. The summed E-state index contributed by atoms with van der Waals surface area (Å²) in [5.74, 6) is -0.166. The molecule has 3 aliphatic rings. The van der Waals surface area contributed by atoms with E-state index in [0.29, 0.717) is 17.1 Å². The van der Waals surface area contributed by atoms with Crippen LogP contribution in [0, 0.1) is 11.3 Å². The van der Waals surface area contributed by atoms with Gasteiger partial charge in [-0.3, -0.25) is 14.2 Å². The molecule has 1 heterocycles. The van der Waals surface area contributed by atoms with Crippen LogP contribution in [0.4, 0.5) is 4.79 Å². The highest BCUT2D eigenvalue weighted by atomic mass is 31.2. The Labute approximate surface area is 305 Å². The number of hydrogen-bond acceptors (Lipinski definition) is 7. The van der Waals surface area contributed by atoms with Gasteiger partial charge in [0, 0.05) is 17.7 Å². The minimum absolute atomic E-state index is 0.0497. The molecule has 3 fully saturated rings. The van der Waals surface area contributed by atoms with Crippen LogP contribution < -0.4 is 20.1 Å². The first-order valence-electron chi connectivity index (χ1n) is 18.1. The van der Waals surface area contributed by atoms with Gasteiger partial charge in [0.1, 0.15) is 41.1 Å². The van der Waals surface area contributed by atoms with Gasteiger partial charge in [0.15, 0.2) is 0 Å². The molecule has 52 heavy (non-hydrogen) atoms. The van der Waals surface area contributed by atoms with Gasteiger partial charge < -0.3 is 34.6 Å². The molecule has 2 aliphatic carbocycles. The molecule has 2 unspecified atom stereocenters. The lowest BCUT2D eigenvalue weighted by Gasteiger charge is -2.36. The number of methoxy groups -OCH3 is 1. The molecule has 1 saturated heterocycles. The van der Waals surface area contributed by atoms with E-state index in [4.69, 9.17) is 14.2 Å². The van der Waals surface area contributed by atoms with Crippen molar-refractivity contribution in [1.82, 2.24) is 15.5 Å². The average Bonchev–Trinajstić information content (AvgIpc) is 3.37. The molecule has 0 radical (unpaired) electrons. The van der Waals surface area contributed by atoms with Crippen LogP contribution in [0.2, 0.25) is 0 Å². The molecule has 3 amide bonds. The molecule has 0 spiro atoms. The zero-order valence-electron chi connectivity index (χ0n) is 30.4. The standard InChI is InChI=1S/C40H50N3O8P/c1-6-28-23-40(28,52(47,48)25-26-13-8-7-9-14-26)42-36(44)33-22-31(50-34-18-12-15-27-21-30(49-5)19-20-32(27)34)24-43(33)37(45)35(39(2,3)4)41-38(46)51-29-16-10-11-17-29/h6-9,12-15,18-21,28-29,31,33,35H,1,10-11,16-17,22-25H2,2-5H3,(H,41,46)(H,42,44)(H,47,48)/t28-,31-,33+,35?,40+/m1/s1. The van der Waals surface area contributed by atoms with Gasteiger partial charge in [-0.15, -0.1) is 6.58 Å². The number of likely N-dealkylation sites (tertiary alicyclic amines) is 1. The summed E-state index contributed by atoms with van der Waals surface area (Å²) < 4.78 is 31.7. The molecular weight excluding hydrogens is 681 g/mol. The highest BCUT2D eigenvalue weighted by Gasteiger charge is 2.65. The van der Waals surface area contributed by atoms with E-state index < -0.39 is 60.1 Å². The Hall–Kier alpha value is -4.34. The summed E-state index contributed by atoms with van der Waals surface area (Å²) in [7, 11) is -2.42. The molecule has 0 aromatic heterocycles. The molecule has 3 aromatic rings. The first kappa shape index (κ1) is 37.4. The van der Waals surface area contributed by atoms with Gasteiger partial charge in [-0.1, -0.05) is 69.3 Å². The van der Waals surface area contributed by atoms with Crippen molar-refractivity contribution in [3.8, 4) is 11.5 Å². The van der Waals surface area contributed by atoms with E-state index in [9.17, 15) is 23.8 Å². The highest BCUT2D eigenvalue weighted by molar-refractivity contribution is 7.59. The van der Waals surface area contributed by atoms with Gasteiger partial charge in [0.05, 0.1) is 19.8 Å². The van der Waals surface area contributed by atoms with Crippen LogP contribution in [0.25, 0.3) is 10.8 Å². The number of carbonyl (C=O) groups is 3. The summed E-state index contributed by atoms with van der Waals surface area (Å²) in [4.78, 5) is 55.1. The van der Waals surface area contributed by atoms with E-state index in [1.54, 1.807) is 37.5 Å². The number of nitrogens with one attached hydrogen (secondary N) is 2. The number of rotatable bonds is 12. The minimum Gasteiger partial charge on any atom is -0.497 e. The monoisotopic (exact) mass is 731 g/mol. The number of nitrogens with zero attached hydrogens (tertiary/aromatic N) is 1. The third-order valence-electron chi connectivity index (χ3n) is 10.6. The summed E-state index contributed by atoms with van der Waals surface area (Å²) >= 11 is 0. The number of amides is 3. The fourth-order valence-electron chi connectivity index (χ4n) is 7.60. The topological polar surface area (TPSA) is 144 Å². The van der Waals surface area contributed by atoms with Gasteiger partial charge in [0.25, 0.3) is 0 Å². The third-order valence-corrected chi connectivity index (χ3v) is 13.3. The summed E-state index contributed by atoms with van der Waals surface area (Å²) in [6.07, 6.45) is 3.90. The van der Waals surface area contributed by atoms with Crippen molar-refractivity contribution in [1.29, 1.82) is 0 Å². The van der Waals surface area contributed by atoms with Crippen molar-refractivity contribution in [3.05, 3.63) is 84.9 Å². The molecule has 278 valence electrons. The highest BCUT2D eigenvalue weighted by Crippen LogP contribution is 2.70. The molecule has 0 bridgehead atoms. The van der Waals surface area contributed by atoms with Gasteiger partial charge in [-0.05, 0) is 72.7 Å². The molecule has 2 saturated carbocycles. The van der Waals surface area contributed by atoms with Crippen LogP contribution in [-0.2, 0) is 25.1 Å². The SMILES string of the molecule is C=C[C@@H]1C[C@]1(NC(=O)[C@@H]1C[C@@H](Oc2cccc3cc(OC)ccc23)CN1C(=O)C(NC(=O)OC1CCCC1)C(C)(C)C)P(=O)(O)Cc1ccccc1. The number of fused-ring (bicyclic) bond motifs is 1. The Morgan fingerprint density at radius 2 is 1.79 bits per heavy atom. The lowest BCUT2D eigenvalue weighted by Crippen LogP contribution is -2.58. The Morgan fingerprint density at radius 1 is 1.06 bits per heavy atom. The summed E-state index contributed by atoms with van der Waals surface area (Å²) in [5, 5.41) is 6.08. The molecular formula is C40H50N3O8P. The largest absolute Gasteiger partial charge is 0.497 e. The Morgan fingerprint density at radius 3 is 2.44 bits per heavy atom. The van der Waals surface area contributed by atoms with E-state index in [0.717, 1.165) is 36.5 Å².